The zero-order valence-electron chi connectivity index (χ0n) is 10.7. The van der Waals surface area contributed by atoms with Gasteiger partial charge in [0.1, 0.15) is 0 Å². The van der Waals surface area contributed by atoms with E-state index < -0.39 is 0 Å². The van der Waals surface area contributed by atoms with E-state index in [2.05, 4.69) is 25.7 Å². The Labute approximate surface area is 98.4 Å². The van der Waals surface area contributed by atoms with Gasteiger partial charge < -0.3 is 10.6 Å². The Bertz CT molecular complexity index is 278. The van der Waals surface area contributed by atoms with Crippen LogP contribution in [0.25, 0.3) is 0 Å². The van der Waals surface area contributed by atoms with Crippen LogP contribution in [0.1, 0.15) is 40.0 Å². The second-order valence-corrected chi connectivity index (χ2v) is 6.27. The molecule has 2 aliphatic rings. The molecule has 2 rings (SSSR count). The Hall–Kier alpha value is -0.570. The molecule has 2 N–H and O–H groups in total. The van der Waals surface area contributed by atoms with E-state index in [9.17, 15) is 4.79 Å². The van der Waals surface area contributed by atoms with Crippen LogP contribution in [0.3, 0.4) is 0 Å². The Morgan fingerprint density at radius 2 is 1.88 bits per heavy atom. The molecule has 2 fully saturated rings. The fourth-order valence-electron chi connectivity index (χ4n) is 2.75. The minimum Gasteiger partial charge on any atom is -0.342 e. The maximum Gasteiger partial charge on any atom is 0.226 e. The monoisotopic (exact) mass is 224 g/mol. The summed E-state index contributed by atoms with van der Waals surface area (Å²) in [6.07, 6.45) is 3.23. The van der Waals surface area contributed by atoms with E-state index in [1.807, 2.05) is 0 Å². The molecule has 16 heavy (non-hydrogen) atoms. The molecule has 1 aliphatic heterocycles. The van der Waals surface area contributed by atoms with Gasteiger partial charge in [0.2, 0.25) is 5.91 Å². The number of amides is 1. The summed E-state index contributed by atoms with van der Waals surface area (Å²) in [6.45, 7) is 8.27. The van der Waals surface area contributed by atoms with Crippen molar-refractivity contribution in [1.29, 1.82) is 0 Å². The highest BCUT2D eigenvalue weighted by molar-refractivity contribution is 5.82. The maximum atomic E-state index is 12.1. The Balaban J connectivity index is 1.83. The second kappa shape index (κ2) is 4.02. The molecule has 1 aliphatic carbocycles. The van der Waals surface area contributed by atoms with Crippen molar-refractivity contribution in [2.75, 3.05) is 13.1 Å². The predicted molar refractivity (Wildman–Crippen MR) is 64.8 cm³/mol. The first-order chi connectivity index (χ1) is 7.42. The van der Waals surface area contributed by atoms with Gasteiger partial charge in [-0.25, -0.2) is 0 Å². The third-order valence-electron chi connectivity index (χ3n) is 4.41. The van der Waals surface area contributed by atoms with E-state index in [-0.39, 0.29) is 11.5 Å². The highest BCUT2D eigenvalue weighted by Gasteiger charge is 2.52. The van der Waals surface area contributed by atoms with Crippen LogP contribution < -0.4 is 5.73 Å². The van der Waals surface area contributed by atoms with Crippen molar-refractivity contribution < 1.29 is 4.79 Å². The van der Waals surface area contributed by atoms with Crippen LogP contribution in [0.15, 0.2) is 0 Å². The van der Waals surface area contributed by atoms with E-state index in [4.69, 9.17) is 5.73 Å². The molecule has 0 bridgehead atoms. The first kappa shape index (κ1) is 11.9. The molecule has 2 atom stereocenters. The summed E-state index contributed by atoms with van der Waals surface area (Å²) in [6, 6.07) is 0.273. The number of nitrogens with zero attached hydrogens (tertiary/aromatic N) is 1. The molecule has 0 spiro atoms. The Kier molecular flexibility index (Phi) is 2.99. The fourth-order valence-corrected chi connectivity index (χ4v) is 2.75. The fraction of sp³-hybridized carbons (Fsp3) is 0.923. The number of hydrogen-bond donors (Lipinski definition) is 1. The molecule has 0 aromatic heterocycles. The van der Waals surface area contributed by atoms with Crippen molar-refractivity contribution >= 4 is 5.91 Å². The van der Waals surface area contributed by atoms with Gasteiger partial charge in [-0.05, 0) is 37.5 Å². The van der Waals surface area contributed by atoms with Gasteiger partial charge >= 0.3 is 0 Å². The van der Waals surface area contributed by atoms with Crippen LogP contribution in [-0.2, 0) is 4.79 Å². The van der Waals surface area contributed by atoms with Crippen molar-refractivity contribution in [3.05, 3.63) is 0 Å². The second-order valence-electron chi connectivity index (χ2n) is 6.27. The molecule has 1 saturated carbocycles. The van der Waals surface area contributed by atoms with Gasteiger partial charge in [0.15, 0.2) is 0 Å². The molecule has 92 valence electrons. The van der Waals surface area contributed by atoms with Gasteiger partial charge in [-0.2, -0.15) is 0 Å². The summed E-state index contributed by atoms with van der Waals surface area (Å²) in [7, 11) is 0. The van der Waals surface area contributed by atoms with Gasteiger partial charge in [-0.15, -0.1) is 0 Å². The molecule has 3 heteroatoms. The van der Waals surface area contributed by atoms with Crippen LogP contribution in [0, 0.1) is 17.3 Å². The van der Waals surface area contributed by atoms with Crippen molar-refractivity contribution in [1.82, 2.24) is 4.90 Å². The molecule has 1 saturated heterocycles. The lowest BCUT2D eigenvalue weighted by Gasteiger charge is -2.34. The standard InChI is InChI=1S/C13H24N2O/c1-9(14)10-4-6-15(7-5-10)12(16)11-8-13(11,2)3/h9-11H,4-8,14H2,1-3H3. The number of piperidine rings is 1. The average molecular weight is 224 g/mol. The normalized spacial score (nSPS) is 31.2. The van der Waals surface area contributed by atoms with E-state index >= 15 is 0 Å². The lowest BCUT2D eigenvalue weighted by molar-refractivity contribution is -0.134. The summed E-state index contributed by atoms with van der Waals surface area (Å²) >= 11 is 0. The summed E-state index contributed by atoms with van der Waals surface area (Å²) in [5, 5.41) is 0. The van der Waals surface area contributed by atoms with Gasteiger partial charge in [-0.3, -0.25) is 4.79 Å². The average Bonchev–Trinajstić information content (AvgIpc) is 2.87. The van der Waals surface area contributed by atoms with Gasteiger partial charge in [0.25, 0.3) is 0 Å². The molecule has 0 radical (unpaired) electrons. The molecule has 0 aromatic carbocycles. The molecular weight excluding hydrogens is 200 g/mol. The highest BCUT2D eigenvalue weighted by atomic mass is 16.2. The first-order valence-corrected chi connectivity index (χ1v) is 6.46. The maximum absolute atomic E-state index is 12.1. The number of nitrogens with two attached hydrogens (primary N) is 1. The summed E-state index contributed by atoms with van der Waals surface area (Å²) in [5.41, 5.74) is 6.16. The van der Waals surface area contributed by atoms with E-state index in [1.165, 1.54) is 0 Å². The van der Waals surface area contributed by atoms with Crippen molar-refractivity contribution in [3.63, 3.8) is 0 Å². The number of likely N-dealkylation sites (tertiary alicyclic amines) is 1. The van der Waals surface area contributed by atoms with Gasteiger partial charge in [0.05, 0.1) is 0 Å². The van der Waals surface area contributed by atoms with Crippen LogP contribution in [0.5, 0.6) is 0 Å². The minimum atomic E-state index is 0.259. The van der Waals surface area contributed by atoms with Crippen LogP contribution >= 0.6 is 0 Å². The quantitative estimate of drug-likeness (QED) is 0.774. The van der Waals surface area contributed by atoms with Crippen LogP contribution in [-0.4, -0.2) is 29.9 Å². The molecule has 1 amide bonds. The number of rotatable bonds is 2. The van der Waals surface area contributed by atoms with Crippen molar-refractivity contribution in [2.45, 2.75) is 46.1 Å². The molecule has 2 unspecified atom stereocenters. The number of hydrogen-bond acceptors (Lipinski definition) is 2. The smallest absolute Gasteiger partial charge is 0.226 e. The zero-order chi connectivity index (χ0) is 11.9. The lowest BCUT2D eigenvalue weighted by Crippen LogP contribution is -2.43. The third-order valence-corrected chi connectivity index (χ3v) is 4.41. The summed E-state index contributed by atoms with van der Waals surface area (Å²) in [5.74, 6) is 1.28. The zero-order valence-corrected chi connectivity index (χ0v) is 10.7. The van der Waals surface area contributed by atoms with Gasteiger partial charge in [-0.1, -0.05) is 13.8 Å². The van der Waals surface area contributed by atoms with Crippen molar-refractivity contribution in [2.24, 2.45) is 23.0 Å². The topological polar surface area (TPSA) is 46.3 Å². The molecule has 1 heterocycles. The number of carbonyl (C=O) groups excluding carboxylic acids is 1. The largest absolute Gasteiger partial charge is 0.342 e. The number of carbonyl (C=O) groups is 1. The highest BCUT2D eigenvalue weighted by Crippen LogP contribution is 2.52. The minimum absolute atomic E-state index is 0.259. The van der Waals surface area contributed by atoms with E-state index in [0.29, 0.717) is 17.7 Å². The van der Waals surface area contributed by atoms with E-state index in [0.717, 1.165) is 32.4 Å². The van der Waals surface area contributed by atoms with Gasteiger partial charge in [0, 0.05) is 25.0 Å². The molecule has 3 nitrogen and oxygen atoms in total. The Morgan fingerprint density at radius 1 is 1.38 bits per heavy atom. The first-order valence-electron chi connectivity index (χ1n) is 6.46. The summed E-state index contributed by atoms with van der Waals surface area (Å²) in [4.78, 5) is 14.2. The molecular formula is C13H24N2O. The van der Waals surface area contributed by atoms with Crippen LogP contribution in [0.2, 0.25) is 0 Å². The lowest BCUT2D eigenvalue weighted by atomic mass is 9.90. The summed E-state index contributed by atoms with van der Waals surface area (Å²) < 4.78 is 0. The van der Waals surface area contributed by atoms with Crippen molar-refractivity contribution in [3.8, 4) is 0 Å². The molecule has 0 aromatic rings. The Morgan fingerprint density at radius 3 is 2.25 bits per heavy atom. The SMILES string of the molecule is CC(N)C1CCN(C(=O)C2CC2(C)C)CC1. The third kappa shape index (κ3) is 2.24. The van der Waals surface area contributed by atoms with E-state index in [1.54, 1.807) is 0 Å². The van der Waals surface area contributed by atoms with Crippen LogP contribution in [0.4, 0.5) is 0 Å². The predicted octanol–water partition coefficient (Wildman–Crippen LogP) is 1.62.